The van der Waals surface area contributed by atoms with E-state index >= 15 is 0 Å². The summed E-state index contributed by atoms with van der Waals surface area (Å²) in [7, 11) is 1.71. The largest absolute Gasteiger partial charge is 0.382 e. The average molecular weight is 271 g/mol. The molecule has 4 nitrogen and oxygen atoms in total. The molecule has 0 aromatic heterocycles. The van der Waals surface area contributed by atoms with Crippen molar-refractivity contribution in [2.24, 2.45) is 5.41 Å². The van der Waals surface area contributed by atoms with E-state index in [1.165, 1.54) is 32.1 Å². The lowest BCUT2D eigenvalue weighted by Gasteiger charge is -2.37. The van der Waals surface area contributed by atoms with Crippen LogP contribution in [0.5, 0.6) is 0 Å². The van der Waals surface area contributed by atoms with E-state index in [1.54, 1.807) is 7.11 Å². The first kappa shape index (κ1) is 15.2. The molecule has 2 aliphatic rings. The Labute approximate surface area is 117 Å². The third kappa shape index (κ3) is 5.78. The van der Waals surface area contributed by atoms with Gasteiger partial charge in [0.25, 0.3) is 0 Å². The first-order chi connectivity index (χ1) is 9.35. The second-order valence-electron chi connectivity index (χ2n) is 6.02. The molecular weight excluding hydrogens is 242 g/mol. The number of rotatable bonds is 10. The summed E-state index contributed by atoms with van der Waals surface area (Å²) in [6, 6.07) is 0.789. The van der Waals surface area contributed by atoms with Crippen molar-refractivity contribution < 1.29 is 14.2 Å². The SMILES string of the molecule is COCCOCCCC1(CNC2CC2)CCCOC1. The lowest BCUT2D eigenvalue weighted by atomic mass is 9.78. The summed E-state index contributed by atoms with van der Waals surface area (Å²) in [5, 5.41) is 3.69. The lowest BCUT2D eigenvalue weighted by Crippen LogP contribution is -2.42. The predicted molar refractivity (Wildman–Crippen MR) is 75.4 cm³/mol. The Bertz CT molecular complexity index is 238. The smallest absolute Gasteiger partial charge is 0.0700 e. The zero-order valence-corrected chi connectivity index (χ0v) is 12.3. The van der Waals surface area contributed by atoms with Crippen LogP contribution in [0.15, 0.2) is 0 Å². The van der Waals surface area contributed by atoms with Gasteiger partial charge in [0.2, 0.25) is 0 Å². The fourth-order valence-electron chi connectivity index (χ4n) is 2.78. The van der Waals surface area contributed by atoms with Crippen molar-refractivity contribution in [1.82, 2.24) is 5.32 Å². The van der Waals surface area contributed by atoms with Crippen LogP contribution >= 0.6 is 0 Å². The van der Waals surface area contributed by atoms with Gasteiger partial charge in [0.05, 0.1) is 19.8 Å². The maximum absolute atomic E-state index is 5.73. The van der Waals surface area contributed by atoms with E-state index in [0.717, 1.165) is 38.8 Å². The van der Waals surface area contributed by atoms with Gasteiger partial charge in [-0.1, -0.05) is 0 Å². The minimum Gasteiger partial charge on any atom is -0.382 e. The Balaban J connectivity index is 1.64. The first-order valence-electron chi connectivity index (χ1n) is 7.72. The summed E-state index contributed by atoms with van der Waals surface area (Å²) in [4.78, 5) is 0. The molecule has 1 aliphatic heterocycles. The van der Waals surface area contributed by atoms with E-state index in [-0.39, 0.29) is 0 Å². The minimum absolute atomic E-state index is 0.353. The third-order valence-electron chi connectivity index (χ3n) is 4.17. The molecule has 4 heteroatoms. The van der Waals surface area contributed by atoms with E-state index in [4.69, 9.17) is 14.2 Å². The molecule has 112 valence electrons. The second-order valence-corrected chi connectivity index (χ2v) is 6.02. The van der Waals surface area contributed by atoms with Crippen LogP contribution in [0.3, 0.4) is 0 Å². The minimum atomic E-state index is 0.353. The van der Waals surface area contributed by atoms with Crippen LogP contribution in [0.25, 0.3) is 0 Å². The van der Waals surface area contributed by atoms with Crippen LogP contribution in [0.2, 0.25) is 0 Å². The van der Waals surface area contributed by atoms with Crippen molar-refractivity contribution in [3.8, 4) is 0 Å². The van der Waals surface area contributed by atoms with Crippen molar-refractivity contribution in [3.05, 3.63) is 0 Å². The second kappa shape index (κ2) is 8.20. The Hall–Kier alpha value is -0.160. The Morgan fingerprint density at radius 3 is 2.84 bits per heavy atom. The summed E-state index contributed by atoms with van der Waals surface area (Å²) in [5.74, 6) is 0. The maximum Gasteiger partial charge on any atom is 0.0700 e. The Kier molecular flexibility index (Phi) is 6.57. The van der Waals surface area contributed by atoms with Crippen LogP contribution in [-0.2, 0) is 14.2 Å². The summed E-state index contributed by atoms with van der Waals surface area (Å²) < 4.78 is 16.3. The number of methoxy groups -OCH3 is 1. The van der Waals surface area contributed by atoms with Gasteiger partial charge >= 0.3 is 0 Å². The first-order valence-corrected chi connectivity index (χ1v) is 7.72. The highest BCUT2D eigenvalue weighted by Crippen LogP contribution is 2.34. The van der Waals surface area contributed by atoms with E-state index < -0.39 is 0 Å². The van der Waals surface area contributed by atoms with Gasteiger partial charge in [-0.15, -0.1) is 0 Å². The van der Waals surface area contributed by atoms with Crippen LogP contribution < -0.4 is 5.32 Å². The zero-order chi connectivity index (χ0) is 13.4. The zero-order valence-electron chi connectivity index (χ0n) is 12.3. The van der Waals surface area contributed by atoms with Gasteiger partial charge in [0, 0.05) is 38.3 Å². The molecule has 19 heavy (non-hydrogen) atoms. The molecular formula is C15H29NO3. The lowest BCUT2D eigenvalue weighted by molar-refractivity contribution is -0.0184. The van der Waals surface area contributed by atoms with Gasteiger partial charge in [0.15, 0.2) is 0 Å². The van der Waals surface area contributed by atoms with E-state index in [0.29, 0.717) is 18.6 Å². The van der Waals surface area contributed by atoms with Gasteiger partial charge in [-0.3, -0.25) is 0 Å². The van der Waals surface area contributed by atoms with Crippen molar-refractivity contribution in [1.29, 1.82) is 0 Å². The monoisotopic (exact) mass is 271 g/mol. The molecule has 1 atom stereocenters. The van der Waals surface area contributed by atoms with Crippen molar-refractivity contribution in [2.75, 3.05) is 46.7 Å². The van der Waals surface area contributed by atoms with E-state index in [1.807, 2.05) is 0 Å². The molecule has 1 unspecified atom stereocenters. The van der Waals surface area contributed by atoms with Gasteiger partial charge in [-0.2, -0.15) is 0 Å². The molecule has 0 aromatic rings. The van der Waals surface area contributed by atoms with Gasteiger partial charge in [0.1, 0.15) is 0 Å². The molecule has 1 saturated carbocycles. The number of nitrogens with one attached hydrogen (secondary N) is 1. The van der Waals surface area contributed by atoms with Crippen molar-refractivity contribution in [3.63, 3.8) is 0 Å². The Morgan fingerprint density at radius 1 is 1.26 bits per heavy atom. The average Bonchev–Trinajstić information content (AvgIpc) is 3.26. The highest BCUT2D eigenvalue weighted by atomic mass is 16.5. The fourth-order valence-corrected chi connectivity index (χ4v) is 2.78. The molecule has 0 aromatic carbocycles. The summed E-state index contributed by atoms with van der Waals surface area (Å²) >= 11 is 0. The highest BCUT2D eigenvalue weighted by molar-refractivity contribution is 4.89. The maximum atomic E-state index is 5.73. The fraction of sp³-hybridized carbons (Fsp3) is 1.00. The quantitative estimate of drug-likeness (QED) is 0.617. The van der Waals surface area contributed by atoms with Gasteiger partial charge < -0.3 is 19.5 Å². The topological polar surface area (TPSA) is 39.7 Å². The molecule has 1 heterocycles. The predicted octanol–water partition coefficient (Wildman–Crippen LogP) is 1.98. The molecule has 0 spiro atoms. The van der Waals surface area contributed by atoms with Crippen LogP contribution in [0.1, 0.15) is 38.5 Å². The molecule has 1 N–H and O–H groups in total. The Morgan fingerprint density at radius 2 is 2.16 bits per heavy atom. The number of hydrogen-bond acceptors (Lipinski definition) is 4. The van der Waals surface area contributed by atoms with Crippen molar-refractivity contribution in [2.45, 2.75) is 44.6 Å². The van der Waals surface area contributed by atoms with Gasteiger partial charge in [-0.25, -0.2) is 0 Å². The van der Waals surface area contributed by atoms with Crippen LogP contribution in [-0.4, -0.2) is 52.7 Å². The molecule has 1 saturated heterocycles. The molecule has 0 amide bonds. The van der Waals surface area contributed by atoms with Crippen molar-refractivity contribution >= 4 is 0 Å². The molecule has 0 bridgehead atoms. The number of hydrogen-bond donors (Lipinski definition) is 1. The third-order valence-corrected chi connectivity index (χ3v) is 4.17. The summed E-state index contributed by atoms with van der Waals surface area (Å²) in [6.07, 6.45) is 7.55. The van der Waals surface area contributed by atoms with E-state index in [2.05, 4.69) is 5.32 Å². The number of ether oxygens (including phenoxy) is 3. The van der Waals surface area contributed by atoms with Crippen LogP contribution in [0, 0.1) is 5.41 Å². The molecule has 0 radical (unpaired) electrons. The summed E-state index contributed by atoms with van der Waals surface area (Å²) in [6.45, 7) is 5.22. The molecule has 2 rings (SSSR count). The van der Waals surface area contributed by atoms with Gasteiger partial charge in [-0.05, 0) is 38.5 Å². The summed E-state index contributed by atoms with van der Waals surface area (Å²) in [5.41, 5.74) is 0.353. The normalized spacial score (nSPS) is 27.6. The van der Waals surface area contributed by atoms with E-state index in [9.17, 15) is 0 Å². The molecule has 2 fully saturated rings. The van der Waals surface area contributed by atoms with Crippen LogP contribution in [0.4, 0.5) is 0 Å². The molecule has 1 aliphatic carbocycles. The highest BCUT2D eigenvalue weighted by Gasteiger charge is 2.34. The standard InChI is InChI=1S/C15H29NO3/c1-17-10-11-18-8-2-6-15(7-3-9-19-13-15)12-16-14-4-5-14/h14,16H,2-13H2,1H3.